The Bertz CT molecular complexity index is 363. The molecule has 0 aliphatic carbocycles. The zero-order valence-corrected chi connectivity index (χ0v) is 10.2. The van der Waals surface area contributed by atoms with E-state index in [-0.39, 0.29) is 5.78 Å². The zero-order chi connectivity index (χ0) is 11.8. The number of aromatic nitrogens is 1. The minimum atomic E-state index is 0.0791. The molecule has 1 aromatic heterocycles. The molecular formula is C12H16N2OS. The number of carbonyl (C=O) groups excluding carboxylic acids is 1. The maximum absolute atomic E-state index is 11.5. The van der Waals surface area contributed by atoms with E-state index in [1.165, 1.54) is 6.08 Å². The summed E-state index contributed by atoms with van der Waals surface area (Å²) in [4.78, 5) is 15.5. The lowest BCUT2D eigenvalue weighted by Crippen LogP contribution is -2.02. The summed E-state index contributed by atoms with van der Waals surface area (Å²) in [7, 11) is 0. The molecule has 3 nitrogen and oxygen atoms in total. The van der Waals surface area contributed by atoms with Crippen molar-refractivity contribution in [2.45, 2.75) is 12.8 Å². The van der Waals surface area contributed by atoms with E-state index in [1.807, 2.05) is 12.3 Å². The summed E-state index contributed by atoms with van der Waals surface area (Å²) in [6.07, 6.45) is 8.32. The SMILES string of the molecule is CSCCCC(=O)C=C(N)c1cccnc1. The molecule has 0 fully saturated rings. The third-order valence-corrected chi connectivity index (χ3v) is 2.78. The fourth-order valence-electron chi connectivity index (χ4n) is 1.25. The first-order valence-electron chi connectivity index (χ1n) is 5.13. The molecule has 0 aliphatic heterocycles. The first-order valence-corrected chi connectivity index (χ1v) is 6.52. The quantitative estimate of drug-likeness (QED) is 0.607. The molecule has 0 unspecified atom stereocenters. The van der Waals surface area contributed by atoms with Crippen LogP contribution in [0.3, 0.4) is 0 Å². The van der Waals surface area contributed by atoms with Crippen molar-refractivity contribution < 1.29 is 4.79 Å². The van der Waals surface area contributed by atoms with Crippen LogP contribution in [0.25, 0.3) is 5.70 Å². The molecule has 0 saturated heterocycles. The summed E-state index contributed by atoms with van der Waals surface area (Å²) in [5, 5.41) is 0. The van der Waals surface area contributed by atoms with E-state index < -0.39 is 0 Å². The first-order chi connectivity index (χ1) is 7.74. The number of rotatable bonds is 6. The highest BCUT2D eigenvalue weighted by Gasteiger charge is 2.01. The second-order valence-corrected chi connectivity index (χ2v) is 4.39. The maximum atomic E-state index is 11.5. The van der Waals surface area contributed by atoms with E-state index in [0.717, 1.165) is 17.7 Å². The van der Waals surface area contributed by atoms with Crippen molar-refractivity contribution >= 4 is 23.2 Å². The monoisotopic (exact) mass is 236 g/mol. The molecule has 1 rings (SSSR count). The van der Waals surface area contributed by atoms with E-state index in [4.69, 9.17) is 5.73 Å². The van der Waals surface area contributed by atoms with Gasteiger partial charge in [0.15, 0.2) is 5.78 Å². The van der Waals surface area contributed by atoms with Crippen molar-refractivity contribution in [3.8, 4) is 0 Å². The summed E-state index contributed by atoms with van der Waals surface area (Å²) < 4.78 is 0. The lowest BCUT2D eigenvalue weighted by atomic mass is 10.1. The molecule has 0 bridgehead atoms. The number of hydrogen-bond donors (Lipinski definition) is 1. The molecular weight excluding hydrogens is 220 g/mol. The van der Waals surface area contributed by atoms with Crippen LogP contribution in [0.4, 0.5) is 0 Å². The highest BCUT2D eigenvalue weighted by Crippen LogP contribution is 2.08. The molecule has 0 atom stereocenters. The molecule has 0 radical (unpaired) electrons. The van der Waals surface area contributed by atoms with Crippen LogP contribution in [-0.4, -0.2) is 22.8 Å². The molecule has 0 aromatic carbocycles. The van der Waals surface area contributed by atoms with Crippen LogP contribution < -0.4 is 5.73 Å². The predicted molar refractivity (Wildman–Crippen MR) is 69.0 cm³/mol. The lowest BCUT2D eigenvalue weighted by molar-refractivity contribution is -0.114. The van der Waals surface area contributed by atoms with Gasteiger partial charge in [0, 0.05) is 36.2 Å². The number of pyridine rings is 1. The smallest absolute Gasteiger partial charge is 0.157 e. The van der Waals surface area contributed by atoms with E-state index in [2.05, 4.69) is 4.98 Å². The van der Waals surface area contributed by atoms with Gasteiger partial charge in [-0.25, -0.2) is 0 Å². The topological polar surface area (TPSA) is 56.0 Å². The molecule has 0 aliphatic rings. The Kier molecular flexibility index (Phi) is 5.64. The summed E-state index contributed by atoms with van der Waals surface area (Å²) in [6, 6.07) is 3.64. The second kappa shape index (κ2) is 7.06. The first kappa shape index (κ1) is 12.8. The Hall–Kier alpha value is -1.29. The summed E-state index contributed by atoms with van der Waals surface area (Å²) >= 11 is 1.74. The molecule has 0 saturated carbocycles. The van der Waals surface area contributed by atoms with E-state index in [9.17, 15) is 4.79 Å². The Morgan fingerprint density at radius 2 is 2.44 bits per heavy atom. The van der Waals surface area contributed by atoms with Crippen molar-refractivity contribution in [1.82, 2.24) is 4.98 Å². The largest absolute Gasteiger partial charge is 0.398 e. The molecule has 16 heavy (non-hydrogen) atoms. The van der Waals surface area contributed by atoms with Crippen LogP contribution in [0.15, 0.2) is 30.6 Å². The van der Waals surface area contributed by atoms with E-state index in [0.29, 0.717) is 12.1 Å². The van der Waals surface area contributed by atoms with Gasteiger partial charge in [0.1, 0.15) is 0 Å². The van der Waals surface area contributed by atoms with Crippen LogP contribution >= 0.6 is 11.8 Å². The Morgan fingerprint density at radius 3 is 3.06 bits per heavy atom. The summed E-state index contributed by atoms with van der Waals surface area (Å²) in [5.74, 6) is 1.09. The normalized spacial score (nSPS) is 11.4. The van der Waals surface area contributed by atoms with Crippen LogP contribution in [0, 0.1) is 0 Å². The number of allylic oxidation sites excluding steroid dienone is 1. The van der Waals surface area contributed by atoms with Gasteiger partial charge >= 0.3 is 0 Å². The standard InChI is InChI=1S/C12H16N2OS/c1-16-7-3-5-11(15)8-12(13)10-4-2-6-14-9-10/h2,4,6,8-9H,3,5,7,13H2,1H3. The van der Waals surface area contributed by atoms with Gasteiger partial charge in [-0.2, -0.15) is 11.8 Å². The third-order valence-electron chi connectivity index (χ3n) is 2.08. The van der Waals surface area contributed by atoms with Gasteiger partial charge < -0.3 is 5.73 Å². The van der Waals surface area contributed by atoms with Gasteiger partial charge in [-0.05, 0) is 30.6 Å². The van der Waals surface area contributed by atoms with Gasteiger partial charge in [-0.15, -0.1) is 0 Å². The Morgan fingerprint density at radius 1 is 1.62 bits per heavy atom. The molecule has 86 valence electrons. The van der Waals surface area contributed by atoms with Gasteiger partial charge in [0.2, 0.25) is 0 Å². The number of ketones is 1. The van der Waals surface area contributed by atoms with E-state index >= 15 is 0 Å². The van der Waals surface area contributed by atoms with Crippen LogP contribution in [0.5, 0.6) is 0 Å². The minimum Gasteiger partial charge on any atom is -0.398 e. The zero-order valence-electron chi connectivity index (χ0n) is 9.35. The number of hydrogen-bond acceptors (Lipinski definition) is 4. The Labute approximate surface area is 100 Å². The fraction of sp³-hybridized carbons (Fsp3) is 0.333. The molecule has 1 heterocycles. The number of thioether (sulfide) groups is 1. The maximum Gasteiger partial charge on any atom is 0.157 e. The lowest BCUT2D eigenvalue weighted by Gasteiger charge is -2.00. The van der Waals surface area contributed by atoms with Crippen LogP contribution in [-0.2, 0) is 4.79 Å². The fourth-order valence-corrected chi connectivity index (χ4v) is 1.69. The highest BCUT2D eigenvalue weighted by atomic mass is 32.2. The van der Waals surface area contributed by atoms with Crippen molar-refractivity contribution in [3.63, 3.8) is 0 Å². The van der Waals surface area contributed by atoms with Crippen molar-refractivity contribution in [1.29, 1.82) is 0 Å². The third kappa shape index (κ3) is 4.49. The molecule has 0 amide bonds. The molecule has 0 spiro atoms. The van der Waals surface area contributed by atoms with Gasteiger partial charge in [0.05, 0.1) is 0 Å². The Balaban J connectivity index is 2.53. The van der Waals surface area contributed by atoms with Gasteiger partial charge in [-0.1, -0.05) is 0 Å². The number of nitrogens with two attached hydrogens (primary N) is 1. The van der Waals surface area contributed by atoms with Crippen molar-refractivity contribution in [3.05, 3.63) is 36.2 Å². The molecule has 2 N–H and O–H groups in total. The van der Waals surface area contributed by atoms with E-state index in [1.54, 1.807) is 30.2 Å². The predicted octanol–water partition coefficient (Wildman–Crippen LogP) is 2.09. The van der Waals surface area contributed by atoms with Gasteiger partial charge in [0.25, 0.3) is 0 Å². The molecule has 4 heteroatoms. The second-order valence-electron chi connectivity index (χ2n) is 3.40. The average Bonchev–Trinajstić information content (AvgIpc) is 2.30. The van der Waals surface area contributed by atoms with Crippen LogP contribution in [0.2, 0.25) is 0 Å². The van der Waals surface area contributed by atoms with Crippen molar-refractivity contribution in [2.75, 3.05) is 12.0 Å². The minimum absolute atomic E-state index is 0.0791. The van der Waals surface area contributed by atoms with Crippen molar-refractivity contribution in [2.24, 2.45) is 5.73 Å². The average molecular weight is 236 g/mol. The molecule has 1 aromatic rings. The number of nitrogens with zero attached hydrogens (tertiary/aromatic N) is 1. The highest BCUT2D eigenvalue weighted by molar-refractivity contribution is 7.98. The summed E-state index contributed by atoms with van der Waals surface area (Å²) in [6.45, 7) is 0. The van der Waals surface area contributed by atoms with Gasteiger partial charge in [-0.3, -0.25) is 9.78 Å². The van der Waals surface area contributed by atoms with Crippen LogP contribution in [0.1, 0.15) is 18.4 Å². The number of carbonyl (C=O) groups is 1. The summed E-state index contributed by atoms with van der Waals surface area (Å²) in [5.41, 5.74) is 7.08.